The van der Waals surface area contributed by atoms with Crippen molar-refractivity contribution in [2.75, 3.05) is 5.75 Å². The second kappa shape index (κ2) is 18.8. The van der Waals surface area contributed by atoms with Gasteiger partial charge in [0.25, 0.3) is 0 Å². The maximum absolute atomic E-state index is 11.7. The van der Waals surface area contributed by atoms with Crippen LogP contribution in [0, 0.1) is 0 Å². The van der Waals surface area contributed by atoms with Crippen molar-refractivity contribution in [1.29, 1.82) is 0 Å². The van der Waals surface area contributed by atoms with Crippen molar-refractivity contribution in [3.8, 4) is 0 Å². The highest BCUT2D eigenvalue weighted by molar-refractivity contribution is 8.13. The number of thioether (sulfide) groups is 1. The van der Waals surface area contributed by atoms with Gasteiger partial charge in [0.1, 0.15) is 0 Å². The minimum atomic E-state index is 0.375. The summed E-state index contributed by atoms with van der Waals surface area (Å²) in [5.41, 5.74) is 0. The summed E-state index contributed by atoms with van der Waals surface area (Å²) in [6, 6.07) is 0. The van der Waals surface area contributed by atoms with Crippen molar-refractivity contribution >= 4 is 16.9 Å². The average Bonchev–Trinajstić information content (AvgIpc) is 2.52. The molecule has 0 aliphatic carbocycles. The molecule has 0 radical (unpaired) electrons. The Kier molecular flexibility index (Phi) is 18.6. The Morgan fingerprint density at radius 1 is 0.727 bits per heavy atom. The Morgan fingerprint density at radius 3 is 1.91 bits per heavy atom. The van der Waals surface area contributed by atoms with E-state index in [1.54, 1.807) is 0 Å². The van der Waals surface area contributed by atoms with Gasteiger partial charge in [0.15, 0.2) is 5.12 Å². The fourth-order valence-corrected chi connectivity index (χ4v) is 3.20. The molecule has 0 aromatic carbocycles. The molecule has 0 bridgehead atoms. The zero-order chi connectivity index (χ0) is 16.3. The molecule has 0 aromatic rings. The standard InChI is InChI=1S/C20H38OS/c1-3-5-7-9-11-12-13-15-17-19-22-20(21)18-16-14-10-8-6-4-2/h15,17H,3-14,16,18-19H2,1-2H3/b17-15-. The zero-order valence-corrected chi connectivity index (χ0v) is 15.9. The van der Waals surface area contributed by atoms with Crippen molar-refractivity contribution < 1.29 is 4.79 Å². The van der Waals surface area contributed by atoms with Gasteiger partial charge in [-0.15, -0.1) is 0 Å². The quantitative estimate of drug-likeness (QED) is 0.218. The second-order valence-electron chi connectivity index (χ2n) is 6.23. The molecule has 0 amide bonds. The van der Waals surface area contributed by atoms with Crippen molar-refractivity contribution in [3.63, 3.8) is 0 Å². The molecule has 0 fully saturated rings. The lowest BCUT2D eigenvalue weighted by Crippen LogP contribution is -1.92. The van der Waals surface area contributed by atoms with Crippen LogP contribution in [0.3, 0.4) is 0 Å². The normalized spacial score (nSPS) is 11.4. The van der Waals surface area contributed by atoms with Crippen molar-refractivity contribution in [1.82, 2.24) is 0 Å². The third kappa shape index (κ3) is 17.8. The van der Waals surface area contributed by atoms with Gasteiger partial charge in [-0.25, -0.2) is 0 Å². The van der Waals surface area contributed by atoms with Gasteiger partial charge in [-0.2, -0.15) is 0 Å². The SMILES string of the molecule is CCCCCCCC/C=C\CSC(=O)CCCCCCCC. The first-order valence-electron chi connectivity index (χ1n) is 9.61. The minimum absolute atomic E-state index is 0.375. The van der Waals surface area contributed by atoms with Gasteiger partial charge < -0.3 is 0 Å². The Hall–Kier alpha value is -0.240. The molecule has 22 heavy (non-hydrogen) atoms. The first kappa shape index (κ1) is 21.8. The molecule has 0 heterocycles. The van der Waals surface area contributed by atoms with E-state index in [1.165, 1.54) is 88.8 Å². The fourth-order valence-electron chi connectivity index (χ4n) is 2.49. The predicted octanol–water partition coefficient (Wildman–Crippen LogP) is 7.30. The number of hydrogen-bond donors (Lipinski definition) is 0. The number of carbonyl (C=O) groups is 1. The molecule has 0 aromatic heterocycles. The summed E-state index contributed by atoms with van der Waals surface area (Å²) < 4.78 is 0. The minimum Gasteiger partial charge on any atom is -0.287 e. The van der Waals surface area contributed by atoms with Crippen LogP contribution in [0.2, 0.25) is 0 Å². The Balaban J connectivity index is 3.24. The van der Waals surface area contributed by atoms with Crippen LogP contribution in [0.4, 0.5) is 0 Å². The topological polar surface area (TPSA) is 17.1 Å². The highest BCUT2D eigenvalue weighted by Crippen LogP contribution is 2.13. The Labute approximate surface area is 143 Å². The molecule has 0 atom stereocenters. The summed E-state index contributed by atoms with van der Waals surface area (Å²) in [5, 5.41) is 0.375. The van der Waals surface area contributed by atoms with Crippen LogP contribution < -0.4 is 0 Å². The predicted molar refractivity (Wildman–Crippen MR) is 103 cm³/mol. The van der Waals surface area contributed by atoms with E-state index >= 15 is 0 Å². The maximum atomic E-state index is 11.7. The summed E-state index contributed by atoms with van der Waals surface area (Å²) in [4.78, 5) is 11.7. The van der Waals surface area contributed by atoms with E-state index < -0.39 is 0 Å². The third-order valence-electron chi connectivity index (χ3n) is 3.97. The van der Waals surface area contributed by atoms with Crippen LogP contribution in [0.25, 0.3) is 0 Å². The molecule has 0 rings (SSSR count). The fraction of sp³-hybridized carbons (Fsp3) is 0.850. The van der Waals surface area contributed by atoms with Gasteiger partial charge in [0.05, 0.1) is 0 Å². The smallest absolute Gasteiger partial charge is 0.189 e. The third-order valence-corrected chi connectivity index (χ3v) is 4.85. The van der Waals surface area contributed by atoms with E-state index in [4.69, 9.17) is 0 Å². The summed E-state index contributed by atoms with van der Waals surface area (Å²) in [5.74, 6) is 0.866. The van der Waals surface area contributed by atoms with E-state index in [-0.39, 0.29) is 0 Å². The van der Waals surface area contributed by atoms with Crippen LogP contribution in [-0.4, -0.2) is 10.9 Å². The summed E-state index contributed by atoms with van der Waals surface area (Å²) >= 11 is 1.49. The Morgan fingerprint density at radius 2 is 1.27 bits per heavy atom. The van der Waals surface area contributed by atoms with Gasteiger partial charge >= 0.3 is 0 Å². The molecule has 2 heteroatoms. The molecule has 0 spiro atoms. The van der Waals surface area contributed by atoms with Crippen LogP contribution in [0.1, 0.15) is 104 Å². The largest absolute Gasteiger partial charge is 0.287 e. The number of allylic oxidation sites excluding steroid dienone is 1. The highest BCUT2D eigenvalue weighted by atomic mass is 32.2. The summed E-state index contributed by atoms with van der Waals surface area (Å²) in [6.07, 6.45) is 22.1. The average molecular weight is 327 g/mol. The van der Waals surface area contributed by atoms with E-state index in [2.05, 4.69) is 26.0 Å². The summed E-state index contributed by atoms with van der Waals surface area (Å²) in [7, 11) is 0. The van der Waals surface area contributed by atoms with Gasteiger partial charge in [0.2, 0.25) is 0 Å². The number of rotatable bonds is 16. The number of carbonyl (C=O) groups excluding carboxylic acids is 1. The maximum Gasteiger partial charge on any atom is 0.189 e. The molecular weight excluding hydrogens is 288 g/mol. The zero-order valence-electron chi connectivity index (χ0n) is 15.1. The first-order valence-corrected chi connectivity index (χ1v) is 10.6. The molecular formula is C20H38OS. The van der Waals surface area contributed by atoms with Crippen LogP contribution in [0.15, 0.2) is 12.2 Å². The van der Waals surface area contributed by atoms with E-state index in [0.717, 1.165) is 18.6 Å². The monoisotopic (exact) mass is 326 g/mol. The van der Waals surface area contributed by atoms with Crippen LogP contribution in [-0.2, 0) is 4.79 Å². The van der Waals surface area contributed by atoms with Gasteiger partial charge in [-0.3, -0.25) is 4.79 Å². The van der Waals surface area contributed by atoms with Crippen molar-refractivity contribution in [3.05, 3.63) is 12.2 Å². The molecule has 0 saturated heterocycles. The van der Waals surface area contributed by atoms with Crippen LogP contribution in [0.5, 0.6) is 0 Å². The molecule has 130 valence electrons. The molecule has 0 aliphatic rings. The molecule has 1 nitrogen and oxygen atoms in total. The van der Waals surface area contributed by atoms with E-state index in [1.807, 2.05) is 0 Å². The number of unbranched alkanes of at least 4 members (excludes halogenated alkanes) is 11. The molecule has 0 unspecified atom stereocenters. The van der Waals surface area contributed by atoms with E-state index in [9.17, 15) is 4.79 Å². The lowest BCUT2D eigenvalue weighted by molar-refractivity contribution is -0.111. The molecule has 0 saturated carbocycles. The number of hydrogen-bond acceptors (Lipinski definition) is 2. The first-order chi connectivity index (χ1) is 10.8. The van der Waals surface area contributed by atoms with Crippen molar-refractivity contribution in [2.24, 2.45) is 0 Å². The Bertz CT molecular complexity index is 260. The lowest BCUT2D eigenvalue weighted by Gasteiger charge is -2.00. The second-order valence-corrected chi connectivity index (χ2v) is 7.31. The van der Waals surface area contributed by atoms with Crippen molar-refractivity contribution in [2.45, 2.75) is 104 Å². The van der Waals surface area contributed by atoms with Gasteiger partial charge in [0, 0.05) is 12.2 Å². The van der Waals surface area contributed by atoms with Crippen LogP contribution >= 0.6 is 11.8 Å². The molecule has 0 aliphatic heterocycles. The lowest BCUT2D eigenvalue weighted by atomic mass is 10.1. The summed E-state index contributed by atoms with van der Waals surface area (Å²) in [6.45, 7) is 4.49. The van der Waals surface area contributed by atoms with E-state index in [0.29, 0.717) is 5.12 Å². The highest BCUT2D eigenvalue weighted by Gasteiger charge is 2.00. The van der Waals surface area contributed by atoms with Gasteiger partial charge in [-0.1, -0.05) is 102 Å². The molecule has 0 N–H and O–H groups in total. The van der Waals surface area contributed by atoms with Gasteiger partial charge in [-0.05, 0) is 19.3 Å².